The number of fused-ring (bicyclic) bond motifs is 4. The molecule has 0 amide bonds. The molecule has 0 aliphatic rings. The Bertz CT molecular complexity index is 1950. The van der Waals surface area contributed by atoms with Crippen LogP contribution in [0.25, 0.3) is 54.5 Å². The predicted octanol–water partition coefficient (Wildman–Crippen LogP) is 9.75. The van der Waals surface area contributed by atoms with Crippen LogP contribution in [-0.2, 0) is 20.1 Å². The van der Waals surface area contributed by atoms with E-state index in [-0.39, 0.29) is 20.1 Å². The summed E-state index contributed by atoms with van der Waals surface area (Å²) in [7, 11) is 0. The van der Waals surface area contributed by atoms with Gasteiger partial charge in [0.15, 0.2) is 0 Å². The van der Waals surface area contributed by atoms with Crippen molar-refractivity contribution in [3.05, 3.63) is 118 Å². The molecule has 0 saturated carbocycles. The van der Waals surface area contributed by atoms with Gasteiger partial charge in [-0.2, -0.15) is 0 Å². The molecule has 3 aromatic carbocycles. The Kier molecular flexibility index (Phi) is 8.00. The van der Waals surface area contributed by atoms with Gasteiger partial charge in [-0.15, -0.1) is 64.9 Å². The third-order valence-corrected chi connectivity index (χ3v) is 7.99. The molecule has 4 heterocycles. The molecule has 0 N–H and O–H groups in total. The first-order valence-electron chi connectivity index (χ1n) is 13.0. The minimum atomic E-state index is 0. The smallest absolute Gasteiger partial charge is 0.122 e. The van der Waals surface area contributed by atoms with E-state index in [4.69, 9.17) is 4.42 Å². The molecule has 0 atom stereocenters. The van der Waals surface area contributed by atoms with E-state index in [1.165, 1.54) is 31.7 Å². The Balaban J connectivity index is 0.000000175. The third-order valence-electron chi connectivity index (χ3n) is 6.98. The van der Waals surface area contributed by atoms with E-state index in [1.54, 1.807) is 11.3 Å². The van der Waals surface area contributed by atoms with E-state index in [0.29, 0.717) is 0 Å². The van der Waals surface area contributed by atoms with Crippen LogP contribution in [0.5, 0.6) is 0 Å². The van der Waals surface area contributed by atoms with Gasteiger partial charge in [-0.3, -0.25) is 0 Å². The average Bonchev–Trinajstić information content (AvgIpc) is 3.48. The number of pyridine rings is 2. The minimum Gasteiger partial charge on any atom is -0.501 e. The van der Waals surface area contributed by atoms with Crippen LogP contribution in [0.3, 0.4) is 0 Å². The van der Waals surface area contributed by atoms with Crippen LogP contribution in [0.2, 0.25) is 0 Å². The molecular weight excluding hydrogens is 689 g/mol. The first-order chi connectivity index (χ1) is 18.9. The number of hydrogen-bond donors (Lipinski definition) is 0. The molecule has 0 spiro atoms. The summed E-state index contributed by atoms with van der Waals surface area (Å²) < 4.78 is 7.48. The van der Waals surface area contributed by atoms with Crippen LogP contribution in [0, 0.1) is 46.8 Å². The minimum absolute atomic E-state index is 0. The predicted molar refractivity (Wildman–Crippen MR) is 163 cm³/mol. The van der Waals surface area contributed by atoms with Crippen molar-refractivity contribution in [2.75, 3.05) is 0 Å². The molecule has 0 saturated heterocycles. The number of aryl methyl sites for hydroxylation is 5. The van der Waals surface area contributed by atoms with Crippen LogP contribution >= 0.6 is 11.3 Å². The topological polar surface area (TPSA) is 38.9 Å². The Labute approximate surface area is 252 Å². The SMILES string of the molecule is Cc1c[c-]c(-c2cc(C)c(C)cn2)cc1.Cc1ccc(-c2[c-]ccc3c2oc2cc4sc(C)cc4cc23)nc1.[Ir]. The van der Waals surface area contributed by atoms with Crippen molar-refractivity contribution < 1.29 is 24.5 Å². The van der Waals surface area contributed by atoms with Gasteiger partial charge in [0.1, 0.15) is 5.58 Å². The first-order valence-corrected chi connectivity index (χ1v) is 13.8. The summed E-state index contributed by atoms with van der Waals surface area (Å²) in [5, 5.41) is 3.54. The van der Waals surface area contributed by atoms with E-state index in [2.05, 4.69) is 98.3 Å². The summed E-state index contributed by atoms with van der Waals surface area (Å²) in [6, 6.07) is 29.5. The third kappa shape index (κ3) is 5.51. The van der Waals surface area contributed by atoms with Gasteiger partial charge in [0.2, 0.25) is 0 Å². The number of hydrogen-bond acceptors (Lipinski definition) is 4. The molecule has 1 radical (unpaired) electrons. The molecule has 0 bridgehead atoms. The van der Waals surface area contributed by atoms with Gasteiger partial charge in [0.25, 0.3) is 0 Å². The molecule has 5 heteroatoms. The number of furan rings is 1. The van der Waals surface area contributed by atoms with Crippen molar-refractivity contribution >= 4 is 43.4 Å². The number of benzene rings is 3. The Morgan fingerprint density at radius 2 is 1.52 bits per heavy atom. The van der Waals surface area contributed by atoms with Crippen LogP contribution in [0.1, 0.15) is 27.1 Å². The fourth-order valence-electron chi connectivity index (χ4n) is 4.65. The van der Waals surface area contributed by atoms with E-state index in [9.17, 15) is 0 Å². The monoisotopic (exact) mass is 717 g/mol. The van der Waals surface area contributed by atoms with E-state index < -0.39 is 0 Å². The normalized spacial score (nSPS) is 10.9. The van der Waals surface area contributed by atoms with Gasteiger partial charge in [-0.25, -0.2) is 0 Å². The van der Waals surface area contributed by atoms with Gasteiger partial charge in [-0.1, -0.05) is 41.6 Å². The number of nitrogens with zero attached hydrogens (tertiary/aromatic N) is 2. The molecule has 0 fully saturated rings. The summed E-state index contributed by atoms with van der Waals surface area (Å²) in [6.07, 6.45) is 3.79. The Morgan fingerprint density at radius 3 is 2.25 bits per heavy atom. The van der Waals surface area contributed by atoms with E-state index >= 15 is 0 Å². The summed E-state index contributed by atoms with van der Waals surface area (Å²) in [5.74, 6) is 0. The summed E-state index contributed by atoms with van der Waals surface area (Å²) in [4.78, 5) is 10.3. The fourth-order valence-corrected chi connectivity index (χ4v) is 5.58. The van der Waals surface area contributed by atoms with E-state index in [0.717, 1.165) is 50.0 Å². The zero-order chi connectivity index (χ0) is 27.1. The van der Waals surface area contributed by atoms with Gasteiger partial charge in [0.05, 0.1) is 5.58 Å². The summed E-state index contributed by atoms with van der Waals surface area (Å²) in [5.41, 5.74) is 10.5. The average molecular weight is 717 g/mol. The van der Waals surface area contributed by atoms with Crippen molar-refractivity contribution in [3.8, 4) is 22.5 Å². The maximum absolute atomic E-state index is 6.22. The zero-order valence-electron chi connectivity index (χ0n) is 23.0. The van der Waals surface area contributed by atoms with Crippen molar-refractivity contribution in [2.45, 2.75) is 34.6 Å². The first kappa shape index (κ1) is 27.9. The second-order valence-corrected chi connectivity index (χ2v) is 11.4. The fraction of sp³-hybridized carbons (Fsp3) is 0.143. The van der Waals surface area contributed by atoms with Crippen molar-refractivity contribution in [1.82, 2.24) is 9.97 Å². The molecule has 0 unspecified atom stereocenters. The Hall–Kier alpha value is -3.63. The summed E-state index contributed by atoms with van der Waals surface area (Å²) in [6.45, 7) is 10.4. The molecule has 7 aromatic rings. The number of aromatic nitrogens is 2. The van der Waals surface area contributed by atoms with Gasteiger partial charge < -0.3 is 14.4 Å². The van der Waals surface area contributed by atoms with Crippen molar-refractivity contribution in [3.63, 3.8) is 0 Å². The Morgan fingerprint density at radius 1 is 0.725 bits per heavy atom. The maximum atomic E-state index is 6.22. The molecule has 40 heavy (non-hydrogen) atoms. The standard InChI is InChI=1S/C21H14NOS.C14H14N.Ir/c1-12-6-7-18(22-11-12)16-5-3-4-15-17-9-14-8-13(2)24-20(14)10-19(17)23-21(15)16;1-10-4-6-13(7-5-10)14-8-11(2)12(3)9-15-14;/h3-4,6-11H,1-2H3;4-6,8-9H,1-3H3;/q2*-1;. The van der Waals surface area contributed by atoms with E-state index in [1.807, 2.05) is 37.5 Å². The zero-order valence-corrected chi connectivity index (χ0v) is 26.3. The summed E-state index contributed by atoms with van der Waals surface area (Å²) >= 11 is 1.80. The molecule has 0 aliphatic heterocycles. The van der Waals surface area contributed by atoms with Crippen molar-refractivity contribution in [1.29, 1.82) is 0 Å². The molecule has 0 aliphatic carbocycles. The second-order valence-electron chi connectivity index (χ2n) is 10.1. The molecule has 4 aromatic heterocycles. The van der Waals surface area contributed by atoms with Gasteiger partial charge >= 0.3 is 0 Å². The second kappa shape index (κ2) is 11.5. The maximum Gasteiger partial charge on any atom is 0.122 e. The largest absolute Gasteiger partial charge is 0.501 e. The molecule has 7 rings (SSSR count). The molecule has 3 nitrogen and oxygen atoms in total. The number of thiophene rings is 1. The van der Waals surface area contributed by atoms with Gasteiger partial charge in [0, 0.05) is 47.5 Å². The van der Waals surface area contributed by atoms with Crippen LogP contribution in [0.4, 0.5) is 0 Å². The van der Waals surface area contributed by atoms with Crippen LogP contribution in [0.15, 0.2) is 83.5 Å². The van der Waals surface area contributed by atoms with Gasteiger partial charge in [-0.05, 0) is 73.8 Å². The quantitative estimate of drug-likeness (QED) is 0.167. The van der Waals surface area contributed by atoms with Crippen LogP contribution < -0.4 is 0 Å². The van der Waals surface area contributed by atoms with Crippen molar-refractivity contribution in [2.24, 2.45) is 0 Å². The number of rotatable bonds is 2. The molecule has 201 valence electrons. The molecular formula is C35H28IrN2OS-2. The van der Waals surface area contributed by atoms with Crippen LogP contribution in [-0.4, -0.2) is 9.97 Å².